The third kappa shape index (κ3) is 4.21. The summed E-state index contributed by atoms with van der Waals surface area (Å²) in [6.45, 7) is 0. The topological polar surface area (TPSA) is 82.1 Å². The molecule has 2 fully saturated rings. The van der Waals surface area contributed by atoms with Gasteiger partial charge in [-0.15, -0.1) is 0 Å². The Morgan fingerprint density at radius 2 is 1.90 bits per heavy atom. The van der Waals surface area contributed by atoms with E-state index < -0.39 is 42.5 Å². The summed E-state index contributed by atoms with van der Waals surface area (Å²) in [6, 6.07) is 14.5. The zero-order chi connectivity index (χ0) is 20.4. The van der Waals surface area contributed by atoms with E-state index in [2.05, 4.69) is 0 Å². The van der Waals surface area contributed by atoms with Crippen molar-refractivity contribution in [3.63, 3.8) is 0 Å². The van der Waals surface area contributed by atoms with Crippen LogP contribution in [0.3, 0.4) is 0 Å². The average Bonchev–Trinajstić information content (AvgIpc) is 3.24. The monoisotopic (exact) mass is 398 g/mol. The molecule has 0 amide bonds. The summed E-state index contributed by atoms with van der Waals surface area (Å²) in [5.41, 5.74) is 1.23. The maximum atomic E-state index is 13.0. The number of aliphatic hydroxyl groups is 1. The second-order valence-corrected chi connectivity index (χ2v) is 6.94. The number of hydrogen-bond acceptors (Lipinski definition) is 6. The number of halogens is 1. The lowest BCUT2D eigenvalue weighted by Gasteiger charge is -2.25. The van der Waals surface area contributed by atoms with Crippen LogP contribution in [0.1, 0.15) is 23.7 Å². The van der Waals surface area contributed by atoms with E-state index in [4.69, 9.17) is 14.2 Å². The summed E-state index contributed by atoms with van der Waals surface area (Å²) < 4.78 is 29.6. The van der Waals surface area contributed by atoms with Gasteiger partial charge in [-0.1, -0.05) is 42.5 Å². The standard InChI is InChI=1S/C22H19FO6/c23-15-9-6-13(7-10-15)8-11-17(24)28-22-20-16(12-18(25)29-20)27-21(22)19(26)14-4-2-1-3-5-14/h1-11,16,19-22,26H,12H2/b11-8+/t16-,19+,20+,21-,22-/m1/s1. The quantitative estimate of drug-likeness (QED) is 0.616. The summed E-state index contributed by atoms with van der Waals surface area (Å²) in [6.07, 6.45) is -1.50. The predicted octanol–water partition coefficient (Wildman–Crippen LogP) is 2.57. The fraction of sp³-hybridized carbons (Fsp3) is 0.273. The van der Waals surface area contributed by atoms with Gasteiger partial charge in [0.15, 0.2) is 12.2 Å². The number of fused-ring (bicyclic) bond motifs is 1. The first-order valence-corrected chi connectivity index (χ1v) is 9.23. The summed E-state index contributed by atoms with van der Waals surface area (Å²) >= 11 is 0. The molecule has 0 unspecified atom stereocenters. The van der Waals surface area contributed by atoms with Crippen LogP contribution in [0.25, 0.3) is 6.08 Å². The zero-order valence-electron chi connectivity index (χ0n) is 15.3. The molecule has 2 aromatic carbocycles. The van der Waals surface area contributed by atoms with Crippen LogP contribution < -0.4 is 0 Å². The molecule has 0 aromatic heterocycles. The van der Waals surface area contributed by atoms with Crippen molar-refractivity contribution in [3.05, 3.63) is 77.6 Å². The Morgan fingerprint density at radius 1 is 1.17 bits per heavy atom. The second-order valence-electron chi connectivity index (χ2n) is 6.94. The van der Waals surface area contributed by atoms with E-state index >= 15 is 0 Å². The minimum atomic E-state index is -1.06. The number of ether oxygens (including phenoxy) is 3. The van der Waals surface area contributed by atoms with Gasteiger partial charge in [0.2, 0.25) is 0 Å². The molecule has 0 aliphatic carbocycles. The Bertz CT molecular complexity index is 911. The average molecular weight is 398 g/mol. The highest BCUT2D eigenvalue weighted by atomic mass is 19.1. The van der Waals surface area contributed by atoms with Gasteiger partial charge in [0.05, 0.1) is 6.42 Å². The van der Waals surface area contributed by atoms with E-state index in [1.165, 1.54) is 36.4 Å². The first-order chi connectivity index (χ1) is 14.0. The van der Waals surface area contributed by atoms with Gasteiger partial charge in [0.1, 0.15) is 24.1 Å². The highest BCUT2D eigenvalue weighted by molar-refractivity contribution is 5.87. The molecule has 7 heteroatoms. The van der Waals surface area contributed by atoms with Crippen LogP contribution in [-0.4, -0.2) is 41.5 Å². The lowest BCUT2D eigenvalue weighted by atomic mass is 9.98. The number of rotatable bonds is 5. The van der Waals surface area contributed by atoms with Gasteiger partial charge < -0.3 is 19.3 Å². The van der Waals surface area contributed by atoms with Crippen LogP contribution in [-0.2, 0) is 23.8 Å². The van der Waals surface area contributed by atoms with Gasteiger partial charge in [-0.25, -0.2) is 9.18 Å². The van der Waals surface area contributed by atoms with Gasteiger partial charge in [-0.05, 0) is 29.3 Å². The number of hydrogen-bond donors (Lipinski definition) is 1. The Kier molecular flexibility index (Phi) is 5.42. The molecule has 2 heterocycles. The number of carbonyl (C=O) groups is 2. The molecule has 2 aliphatic rings. The highest BCUT2D eigenvalue weighted by Crippen LogP contribution is 2.38. The molecule has 150 valence electrons. The lowest BCUT2D eigenvalue weighted by molar-refractivity contribution is -0.162. The lowest BCUT2D eigenvalue weighted by Crippen LogP contribution is -2.39. The van der Waals surface area contributed by atoms with Crippen molar-refractivity contribution in [1.82, 2.24) is 0 Å². The van der Waals surface area contributed by atoms with E-state index in [1.807, 2.05) is 6.07 Å². The highest BCUT2D eigenvalue weighted by Gasteiger charge is 2.55. The predicted molar refractivity (Wildman–Crippen MR) is 99.9 cm³/mol. The molecule has 6 nitrogen and oxygen atoms in total. The number of carbonyl (C=O) groups excluding carboxylic acids is 2. The minimum absolute atomic E-state index is 0.0438. The van der Waals surface area contributed by atoms with Crippen LogP contribution in [0.2, 0.25) is 0 Å². The molecule has 5 atom stereocenters. The van der Waals surface area contributed by atoms with E-state index in [1.54, 1.807) is 24.3 Å². The van der Waals surface area contributed by atoms with Crippen molar-refractivity contribution >= 4 is 18.0 Å². The van der Waals surface area contributed by atoms with Crippen LogP contribution in [0.4, 0.5) is 4.39 Å². The molecular formula is C22H19FO6. The van der Waals surface area contributed by atoms with E-state index in [9.17, 15) is 19.1 Å². The molecule has 29 heavy (non-hydrogen) atoms. The minimum Gasteiger partial charge on any atom is -0.455 e. The molecule has 4 rings (SSSR count). The van der Waals surface area contributed by atoms with Crippen LogP contribution in [0, 0.1) is 5.82 Å². The largest absolute Gasteiger partial charge is 0.455 e. The Hall–Kier alpha value is -3.03. The van der Waals surface area contributed by atoms with Gasteiger partial charge in [-0.2, -0.15) is 0 Å². The summed E-state index contributed by atoms with van der Waals surface area (Å²) in [4.78, 5) is 24.0. The molecule has 1 N–H and O–H groups in total. The Labute approximate surface area is 166 Å². The van der Waals surface area contributed by atoms with Crippen molar-refractivity contribution in [2.24, 2.45) is 0 Å². The first kappa shape index (κ1) is 19.3. The molecule has 0 radical (unpaired) electrons. The molecule has 0 bridgehead atoms. The maximum absolute atomic E-state index is 13.0. The van der Waals surface area contributed by atoms with Crippen molar-refractivity contribution in [1.29, 1.82) is 0 Å². The van der Waals surface area contributed by atoms with E-state index in [0.29, 0.717) is 11.1 Å². The van der Waals surface area contributed by atoms with Crippen molar-refractivity contribution in [2.45, 2.75) is 36.9 Å². The fourth-order valence-corrected chi connectivity index (χ4v) is 3.57. The Morgan fingerprint density at radius 3 is 2.62 bits per heavy atom. The second kappa shape index (κ2) is 8.14. The maximum Gasteiger partial charge on any atom is 0.331 e. The number of benzene rings is 2. The van der Waals surface area contributed by atoms with Gasteiger partial charge in [-0.3, -0.25) is 4.79 Å². The van der Waals surface area contributed by atoms with Crippen LogP contribution >= 0.6 is 0 Å². The molecule has 2 aliphatic heterocycles. The van der Waals surface area contributed by atoms with Crippen molar-refractivity contribution < 1.29 is 33.3 Å². The summed E-state index contributed by atoms with van der Waals surface area (Å²) in [5.74, 6) is -1.49. The molecule has 0 saturated carbocycles. The third-order valence-corrected chi connectivity index (χ3v) is 4.97. The number of aliphatic hydroxyl groups excluding tert-OH is 1. The smallest absolute Gasteiger partial charge is 0.331 e. The normalized spacial score (nSPS) is 26.9. The van der Waals surface area contributed by atoms with Crippen molar-refractivity contribution in [2.75, 3.05) is 0 Å². The summed E-state index contributed by atoms with van der Waals surface area (Å²) in [5, 5.41) is 10.7. The Balaban J connectivity index is 1.50. The molecule has 2 saturated heterocycles. The van der Waals surface area contributed by atoms with Crippen LogP contribution in [0.15, 0.2) is 60.7 Å². The van der Waals surface area contributed by atoms with E-state index in [-0.39, 0.29) is 12.2 Å². The van der Waals surface area contributed by atoms with Gasteiger partial charge in [0, 0.05) is 6.08 Å². The van der Waals surface area contributed by atoms with Gasteiger partial charge >= 0.3 is 11.9 Å². The number of esters is 2. The first-order valence-electron chi connectivity index (χ1n) is 9.23. The summed E-state index contributed by atoms with van der Waals surface area (Å²) in [7, 11) is 0. The van der Waals surface area contributed by atoms with Crippen molar-refractivity contribution in [3.8, 4) is 0 Å². The third-order valence-electron chi connectivity index (χ3n) is 4.97. The zero-order valence-corrected chi connectivity index (χ0v) is 15.3. The van der Waals surface area contributed by atoms with Crippen LogP contribution in [0.5, 0.6) is 0 Å². The molecule has 2 aromatic rings. The fourth-order valence-electron chi connectivity index (χ4n) is 3.57. The van der Waals surface area contributed by atoms with E-state index in [0.717, 1.165) is 0 Å². The molecule has 0 spiro atoms. The SMILES string of the molecule is O=C(/C=C/c1ccc(F)cc1)O[C@@H]1[C@H]2OC(=O)C[C@H]2O[C@@H]1[C@@H](O)c1ccccc1. The van der Waals surface area contributed by atoms with Gasteiger partial charge in [0.25, 0.3) is 0 Å². The molecular weight excluding hydrogens is 379 g/mol.